The molecular weight excluding hydrogens is 308 g/mol. The van der Waals surface area contributed by atoms with Crippen LogP contribution >= 0.6 is 23.5 Å². The third-order valence-corrected chi connectivity index (χ3v) is 6.83. The molecule has 1 fully saturated rings. The van der Waals surface area contributed by atoms with E-state index >= 15 is 0 Å². The molecule has 2 aliphatic rings. The van der Waals surface area contributed by atoms with Gasteiger partial charge >= 0.3 is 0 Å². The highest BCUT2D eigenvalue weighted by Crippen LogP contribution is 2.47. The molecule has 0 bridgehead atoms. The normalized spacial score (nSPS) is 36.8. The third-order valence-electron chi connectivity index (χ3n) is 3.77. The lowest BCUT2D eigenvalue weighted by Crippen LogP contribution is -2.52. The maximum Gasteiger partial charge on any atom is 0.157 e. The van der Waals surface area contributed by atoms with E-state index < -0.39 is 23.6 Å². The lowest BCUT2D eigenvalue weighted by Gasteiger charge is -2.39. The lowest BCUT2D eigenvalue weighted by molar-refractivity contribution is -0.0207. The minimum atomic E-state index is -1.01. The van der Waals surface area contributed by atoms with Crippen LogP contribution in [0.1, 0.15) is 11.7 Å². The summed E-state index contributed by atoms with van der Waals surface area (Å²) < 4.78 is 0.00853. The number of hydrogen-bond acceptors (Lipinski definition) is 7. The van der Waals surface area contributed by atoms with E-state index in [9.17, 15) is 15.3 Å². The second-order valence-corrected chi connectivity index (χ2v) is 7.85. The van der Waals surface area contributed by atoms with E-state index in [4.69, 9.17) is 0 Å². The number of aliphatic imine (C=N–C) groups is 1. The molecule has 6 atom stereocenters. The minimum absolute atomic E-state index is 0.00853. The molecule has 1 saturated heterocycles. The van der Waals surface area contributed by atoms with Gasteiger partial charge in [0.1, 0.15) is 12.1 Å². The first-order valence-corrected chi connectivity index (χ1v) is 8.61. The number of aliphatic hydroxyl groups is 3. The topological polar surface area (TPSA) is 85.1 Å². The first-order chi connectivity index (χ1) is 10.1. The van der Waals surface area contributed by atoms with Gasteiger partial charge in [0, 0.05) is 7.05 Å². The van der Waals surface area contributed by atoms with Crippen LogP contribution in [0.4, 0.5) is 0 Å². The van der Waals surface area contributed by atoms with Crippen molar-refractivity contribution in [3.05, 3.63) is 35.9 Å². The standard InChI is InChI=1S/C14H18N2O3S2/c1-15-14-16-8-10(18)11(19)12(20-13(8)21-14)9(17)7-5-3-2-4-6-7/h2-6,8-13,17-19H,1H3,(H,15,16)/t8-,9+,10-,11+,12-,13-/m1/s1. The Hall–Kier alpha value is -0.730. The molecule has 0 radical (unpaired) electrons. The zero-order valence-corrected chi connectivity index (χ0v) is 13.1. The molecule has 1 aromatic rings. The molecule has 2 aliphatic heterocycles. The number of thioether (sulfide) groups is 2. The summed E-state index contributed by atoms with van der Waals surface area (Å²) >= 11 is 3.02. The fourth-order valence-electron chi connectivity index (χ4n) is 2.61. The molecule has 0 aliphatic carbocycles. The Morgan fingerprint density at radius 1 is 1.19 bits per heavy atom. The molecule has 5 nitrogen and oxygen atoms in total. The van der Waals surface area contributed by atoms with Gasteiger partial charge in [0.05, 0.1) is 22.0 Å². The Bertz CT molecular complexity index is 528. The van der Waals surface area contributed by atoms with E-state index in [0.717, 1.165) is 10.7 Å². The van der Waals surface area contributed by atoms with Gasteiger partial charge in [0.15, 0.2) is 5.17 Å². The van der Waals surface area contributed by atoms with Gasteiger partial charge in [-0.3, -0.25) is 4.99 Å². The summed E-state index contributed by atoms with van der Waals surface area (Å²) in [6.07, 6.45) is -2.79. The van der Waals surface area contributed by atoms with Crippen LogP contribution in [0.5, 0.6) is 0 Å². The second kappa shape index (κ2) is 6.18. The molecule has 2 heterocycles. The summed E-state index contributed by atoms with van der Waals surface area (Å²) in [5, 5.41) is 34.4. The van der Waals surface area contributed by atoms with Gasteiger partial charge in [-0.25, -0.2) is 0 Å². The van der Waals surface area contributed by atoms with Crippen LogP contribution in [-0.2, 0) is 0 Å². The van der Waals surface area contributed by atoms with Crippen LogP contribution in [0.15, 0.2) is 35.3 Å². The number of aliphatic hydroxyl groups excluding tert-OH is 3. The maximum atomic E-state index is 10.5. The molecule has 1 aromatic carbocycles. The van der Waals surface area contributed by atoms with Gasteiger partial charge in [-0.15, -0.1) is 11.8 Å². The van der Waals surface area contributed by atoms with Crippen LogP contribution in [-0.4, -0.2) is 55.6 Å². The minimum Gasteiger partial charge on any atom is -0.389 e. The molecule has 7 heteroatoms. The van der Waals surface area contributed by atoms with Crippen LogP contribution in [0, 0.1) is 0 Å². The molecular formula is C14H18N2O3S2. The molecule has 0 unspecified atom stereocenters. The molecule has 21 heavy (non-hydrogen) atoms. The number of nitrogens with one attached hydrogen (secondary N) is 1. The van der Waals surface area contributed by atoms with E-state index in [1.165, 1.54) is 23.5 Å². The highest BCUT2D eigenvalue weighted by atomic mass is 32.2. The molecule has 0 aromatic heterocycles. The smallest absolute Gasteiger partial charge is 0.157 e. The van der Waals surface area contributed by atoms with Crippen molar-refractivity contribution in [1.82, 2.24) is 5.32 Å². The lowest BCUT2D eigenvalue weighted by atomic mass is 9.96. The Morgan fingerprint density at radius 2 is 1.90 bits per heavy atom. The van der Waals surface area contributed by atoms with E-state index in [1.807, 2.05) is 30.3 Å². The van der Waals surface area contributed by atoms with Crippen LogP contribution < -0.4 is 5.32 Å². The van der Waals surface area contributed by atoms with Crippen molar-refractivity contribution in [2.24, 2.45) is 4.99 Å². The molecule has 3 rings (SSSR count). The van der Waals surface area contributed by atoms with Crippen molar-refractivity contribution in [3.8, 4) is 0 Å². The highest BCUT2D eigenvalue weighted by Gasteiger charge is 2.49. The van der Waals surface area contributed by atoms with E-state index in [1.54, 1.807) is 7.05 Å². The highest BCUT2D eigenvalue weighted by molar-refractivity contribution is 8.25. The predicted molar refractivity (Wildman–Crippen MR) is 86.5 cm³/mol. The van der Waals surface area contributed by atoms with E-state index in [0.29, 0.717) is 0 Å². The van der Waals surface area contributed by atoms with Crippen molar-refractivity contribution < 1.29 is 15.3 Å². The van der Waals surface area contributed by atoms with Crippen molar-refractivity contribution in [1.29, 1.82) is 0 Å². The Morgan fingerprint density at radius 3 is 2.57 bits per heavy atom. The van der Waals surface area contributed by atoms with Crippen LogP contribution in [0.25, 0.3) is 0 Å². The van der Waals surface area contributed by atoms with E-state index in [2.05, 4.69) is 10.3 Å². The first kappa shape index (κ1) is 15.2. The zero-order valence-electron chi connectivity index (χ0n) is 11.5. The van der Waals surface area contributed by atoms with Crippen molar-refractivity contribution in [2.75, 3.05) is 7.05 Å². The number of nitrogens with zero attached hydrogens (tertiary/aromatic N) is 1. The summed E-state index contributed by atoms with van der Waals surface area (Å²) in [6.45, 7) is 0. The van der Waals surface area contributed by atoms with Gasteiger partial charge in [0.2, 0.25) is 0 Å². The van der Waals surface area contributed by atoms with Gasteiger partial charge in [-0.05, 0) is 5.56 Å². The zero-order chi connectivity index (χ0) is 15.0. The summed E-state index contributed by atoms with van der Waals surface area (Å²) in [5.74, 6) is 0. The molecule has 0 saturated carbocycles. The largest absolute Gasteiger partial charge is 0.389 e. The number of benzene rings is 1. The predicted octanol–water partition coefficient (Wildman–Crippen LogP) is 0.574. The number of rotatable bonds is 2. The van der Waals surface area contributed by atoms with Gasteiger partial charge in [-0.1, -0.05) is 42.1 Å². The molecule has 114 valence electrons. The molecule has 4 N–H and O–H groups in total. The van der Waals surface area contributed by atoms with Crippen LogP contribution in [0.3, 0.4) is 0 Å². The summed E-state index contributed by atoms with van der Waals surface area (Å²) in [5.41, 5.74) is 0.748. The fraction of sp³-hybridized carbons (Fsp3) is 0.500. The SMILES string of the molecule is CNC1=N[C@H]2[C@@H](S1)S[C@H]([C@@H](O)c1ccccc1)[C@@H](O)[C@@H]2O. The quantitative estimate of drug-likeness (QED) is 0.636. The summed E-state index contributed by atoms with van der Waals surface area (Å²) in [4.78, 5) is 4.38. The number of fused-ring (bicyclic) bond motifs is 1. The van der Waals surface area contributed by atoms with Gasteiger partial charge in [0.25, 0.3) is 0 Å². The van der Waals surface area contributed by atoms with Gasteiger partial charge < -0.3 is 20.6 Å². The summed E-state index contributed by atoms with van der Waals surface area (Å²) in [7, 11) is 1.78. The van der Waals surface area contributed by atoms with Crippen molar-refractivity contribution >= 4 is 28.7 Å². The average Bonchev–Trinajstić information content (AvgIpc) is 2.94. The third kappa shape index (κ3) is 2.80. The molecule has 0 spiro atoms. The van der Waals surface area contributed by atoms with Crippen molar-refractivity contribution in [3.63, 3.8) is 0 Å². The van der Waals surface area contributed by atoms with Crippen LogP contribution in [0.2, 0.25) is 0 Å². The number of hydrogen-bond donors (Lipinski definition) is 4. The van der Waals surface area contributed by atoms with Gasteiger partial charge in [-0.2, -0.15) is 0 Å². The van der Waals surface area contributed by atoms with Crippen molar-refractivity contribution in [2.45, 2.75) is 34.2 Å². The monoisotopic (exact) mass is 326 g/mol. The number of amidine groups is 1. The second-order valence-electron chi connectivity index (χ2n) is 5.10. The first-order valence-electron chi connectivity index (χ1n) is 6.78. The molecule has 0 amide bonds. The van der Waals surface area contributed by atoms with E-state index in [-0.39, 0.29) is 10.6 Å². The fourth-order valence-corrected chi connectivity index (χ4v) is 5.69. The Labute approximate surface area is 131 Å². The summed E-state index contributed by atoms with van der Waals surface area (Å²) in [6, 6.07) is 8.90. The Balaban J connectivity index is 1.80. The Kier molecular flexibility index (Phi) is 4.46. The maximum absolute atomic E-state index is 10.5. The average molecular weight is 326 g/mol.